The third kappa shape index (κ3) is 3.05. The van der Waals surface area contributed by atoms with E-state index in [4.69, 9.17) is 4.74 Å². The first-order valence-electron chi connectivity index (χ1n) is 11.6. The lowest BCUT2D eigenvalue weighted by molar-refractivity contribution is -0.152. The highest BCUT2D eigenvalue weighted by atomic mass is 16.5. The van der Waals surface area contributed by atoms with E-state index in [1.165, 1.54) is 25.3 Å². The molecule has 0 amide bonds. The van der Waals surface area contributed by atoms with Crippen LogP contribution in [0.25, 0.3) is 0 Å². The second-order valence-electron chi connectivity index (χ2n) is 11.1. The van der Waals surface area contributed by atoms with Gasteiger partial charge in [0.05, 0.1) is 6.61 Å². The molecule has 0 N–H and O–H groups in total. The standard InChI is InChI=1S/C26H36O4/c1-17(29)30-16-24(2)11-5-12-26(4)21-10-13-25(3)20(19(21)7-9-23(24)26)8-6-18(14-27)22(25)15-28/h6-7,14-15,20-23H,5,8-13,16H2,1-4H3/t20-,21-,22-,23-,24+,25-,26+/m0/s1. The zero-order valence-corrected chi connectivity index (χ0v) is 18.9. The molecular formula is C26H36O4. The molecule has 0 bridgehead atoms. The molecule has 0 aromatic rings. The molecule has 7 atom stereocenters. The second kappa shape index (κ2) is 7.46. The van der Waals surface area contributed by atoms with Crippen LogP contribution in [0.2, 0.25) is 0 Å². The summed E-state index contributed by atoms with van der Waals surface area (Å²) in [7, 11) is 0. The van der Waals surface area contributed by atoms with Crippen molar-refractivity contribution < 1.29 is 19.1 Å². The summed E-state index contributed by atoms with van der Waals surface area (Å²) >= 11 is 0. The Labute approximate surface area is 180 Å². The first kappa shape index (κ1) is 21.5. The van der Waals surface area contributed by atoms with Crippen molar-refractivity contribution in [2.24, 2.45) is 39.9 Å². The van der Waals surface area contributed by atoms with Crippen molar-refractivity contribution in [3.05, 3.63) is 23.3 Å². The molecule has 0 radical (unpaired) electrons. The van der Waals surface area contributed by atoms with E-state index in [1.54, 1.807) is 0 Å². The van der Waals surface area contributed by atoms with Gasteiger partial charge in [0.2, 0.25) is 0 Å². The molecule has 0 aromatic heterocycles. The lowest BCUT2D eigenvalue weighted by atomic mass is 9.42. The Bertz CT molecular complexity index is 810. The van der Waals surface area contributed by atoms with Gasteiger partial charge >= 0.3 is 5.97 Å². The predicted molar refractivity (Wildman–Crippen MR) is 116 cm³/mol. The van der Waals surface area contributed by atoms with Gasteiger partial charge in [0.25, 0.3) is 0 Å². The number of fused-ring (bicyclic) bond motifs is 5. The Hall–Kier alpha value is -1.71. The van der Waals surface area contributed by atoms with E-state index >= 15 is 0 Å². The van der Waals surface area contributed by atoms with Crippen molar-refractivity contribution in [2.75, 3.05) is 6.61 Å². The van der Waals surface area contributed by atoms with Crippen LogP contribution in [0.1, 0.15) is 72.6 Å². The van der Waals surface area contributed by atoms with Crippen LogP contribution in [0.3, 0.4) is 0 Å². The summed E-state index contributed by atoms with van der Waals surface area (Å²) in [6, 6.07) is 0. The van der Waals surface area contributed by atoms with E-state index in [9.17, 15) is 14.4 Å². The Morgan fingerprint density at radius 2 is 1.83 bits per heavy atom. The molecule has 0 heterocycles. The van der Waals surface area contributed by atoms with Gasteiger partial charge < -0.3 is 9.53 Å². The summed E-state index contributed by atoms with van der Waals surface area (Å²) in [6.45, 7) is 9.02. The van der Waals surface area contributed by atoms with Crippen molar-refractivity contribution in [2.45, 2.75) is 72.6 Å². The summed E-state index contributed by atoms with van der Waals surface area (Å²) in [5, 5.41) is 0. The molecule has 164 valence electrons. The quantitative estimate of drug-likeness (QED) is 0.367. The number of esters is 1. The van der Waals surface area contributed by atoms with Crippen LogP contribution in [-0.2, 0) is 19.1 Å². The first-order valence-corrected chi connectivity index (χ1v) is 11.6. The molecule has 0 spiro atoms. The van der Waals surface area contributed by atoms with Gasteiger partial charge in [-0.1, -0.05) is 44.9 Å². The molecule has 0 saturated heterocycles. The van der Waals surface area contributed by atoms with Gasteiger partial charge in [-0.05, 0) is 72.7 Å². The molecule has 0 aliphatic heterocycles. The van der Waals surface area contributed by atoms with Crippen LogP contribution in [0.15, 0.2) is 23.3 Å². The van der Waals surface area contributed by atoms with E-state index in [0.717, 1.165) is 44.7 Å². The van der Waals surface area contributed by atoms with Crippen LogP contribution in [-0.4, -0.2) is 25.1 Å². The fourth-order valence-corrected chi connectivity index (χ4v) is 7.99. The van der Waals surface area contributed by atoms with Crippen molar-refractivity contribution in [3.63, 3.8) is 0 Å². The van der Waals surface area contributed by atoms with Gasteiger partial charge in [0, 0.05) is 18.3 Å². The number of carbonyl (C=O) groups is 3. The minimum Gasteiger partial charge on any atom is -0.465 e. The van der Waals surface area contributed by atoms with Gasteiger partial charge in [-0.3, -0.25) is 9.59 Å². The SMILES string of the molecule is CC(=O)OC[C@@]1(C)CCC[C@]2(C)[C@H]3CC[C@]4(C)[C@@H](C=O)C(C=O)=CC[C@H]4C3=CC[C@@H]12. The molecule has 0 aromatic carbocycles. The van der Waals surface area contributed by atoms with Gasteiger partial charge in [0.15, 0.2) is 0 Å². The molecule has 4 nitrogen and oxygen atoms in total. The molecule has 0 unspecified atom stereocenters. The predicted octanol–water partition coefficient (Wildman–Crippen LogP) is 5.07. The third-order valence-electron chi connectivity index (χ3n) is 9.59. The maximum absolute atomic E-state index is 12.0. The minimum absolute atomic E-state index is 0.0178. The molecule has 2 fully saturated rings. The summed E-state index contributed by atoms with van der Waals surface area (Å²) in [6.07, 6.45) is 13.8. The van der Waals surface area contributed by atoms with Crippen molar-refractivity contribution >= 4 is 18.5 Å². The zero-order chi connectivity index (χ0) is 21.7. The molecular weight excluding hydrogens is 376 g/mol. The Morgan fingerprint density at radius 1 is 1.07 bits per heavy atom. The van der Waals surface area contributed by atoms with Gasteiger partial charge in [-0.15, -0.1) is 0 Å². The fraction of sp³-hybridized carbons (Fsp3) is 0.731. The lowest BCUT2D eigenvalue weighted by Crippen LogP contribution is -2.55. The Balaban J connectivity index is 1.69. The average molecular weight is 413 g/mol. The Kier molecular flexibility index (Phi) is 5.35. The minimum atomic E-state index is -0.290. The van der Waals surface area contributed by atoms with Gasteiger partial charge in [0.1, 0.15) is 12.6 Å². The smallest absolute Gasteiger partial charge is 0.302 e. The second-order valence-corrected chi connectivity index (χ2v) is 11.1. The highest BCUT2D eigenvalue weighted by Gasteiger charge is 2.59. The van der Waals surface area contributed by atoms with Crippen molar-refractivity contribution in [1.82, 2.24) is 0 Å². The maximum Gasteiger partial charge on any atom is 0.302 e. The van der Waals surface area contributed by atoms with Crippen LogP contribution in [0, 0.1) is 39.9 Å². The van der Waals surface area contributed by atoms with E-state index in [-0.39, 0.29) is 28.1 Å². The fourth-order valence-electron chi connectivity index (χ4n) is 7.99. The molecule has 2 saturated carbocycles. The summed E-state index contributed by atoms with van der Waals surface area (Å²) in [5.41, 5.74) is 2.27. The van der Waals surface area contributed by atoms with Crippen LogP contribution in [0.5, 0.6) is 0 Å². The summed E-state index contributed by atoms with van der Waals surface area (Å²) in [4.78, 5) is 35.1. The van der Waals surface area contributed by atoms with E-state index in [1.807, 2.05) is 6.08 Å². The monoisotopic (exact) mass is 412 g/mol. The maximum atomic E-state index is 12.0. The number of aldehydes is 2. The number of ether oxygens (including phenoxy) is 1. The van der Waals surface area contributed by atoms with Gasteiger partial charge in [-0.2, -0.15) is 0 Å². The Morgan fingerprint density at radius 3 is 2.50 bits per heavy atom. The lowest BCUT2D eigenvalue weighted by Gasteiger charge is -2.62. The molecule has 30 heavy (non-hydrogen) atoms. The number of hydrogen-bond donors (Lipinski definition) is 0. The summed E-state index contributed by atoms with van der Waals surface area (Å²) in [5.74, 6) is 0.882. The van der Waals surface area contributed by atoms with Crippen LogP contribution < -0.4 is 0 Å². The van der Waals surface area contributed by atoms with Crippen LogP contribution >= 0.6 is 0 Å². The topological polar surface area (TPSA) is 60.4 Å². The molecule has 4 aliphatic carbocycles. The van der Waals surface area contributed by atoms with Gasteiger partial charge in [-0.25, -0.2) is 0 Å². The molecule has 4 aliphatic rings. The zero-order valence-electron chi connectivity index (χ0n) is 18.9. The highest BCUT2D eigenvalue weighted by molar-refractivity contribution is 5.82. The van der Waals surface area contributed by atoms with Crippen molar-refractivity contribution in [1.29, 1.82) is 0 Å². The molecule has 4 heteroatoms. The normalized spacial score (nSPS) is 45.1. The highest BCUT2D eigenvalue weighted by Crippen LogP contribution is 2.67. The van der Waals surface area contributed by atoms with E-state index < -0.39 is 0 Å². The number of allylic oxidation sites excluding steroid dienone is 4. The average Bonchev–Trinajstić information content (AvgIpc) is 2.70. The number of hydrogen-bond acceptors (Lipinski definition) is 4. The number of rotatable bonds is 4. The van der Waals surface area contributed by atoms with Crippen LogP contribution in [0.4, 0.5) is 0 Å². The largest absolute Gasteiger partial charge is 0.465 e. The summed E-state index contributed by atoms with van der Waals surface area (Å²) < 4.78 is 5.53. The number of carbonyl (C=O) groups excluding carboxylic acids is 3. The first-order chi connectivity index (χ1) is 14.2. The third-order valence-corrected chi connectivity index (χ3v) is 9.59. The van der Waals surface area contributed by atoms with E-state index in [2.05, 4.69) is 26.8 Å². The van der Waals surface area contributed by atoms with E-state index in [0.29, 0.717) is 29.9 Å². The van der Waals surface area contributed by atoms with Crippen molar-refractivity contribution in [3.8, 4) is 0 Å². The molecule has 4 rings (SSSR count).